The molecule has 5 heteroatoms. The number of anilines is 1. The van der Waals surface area contributed by atoms with E-state index in [1.165, 1.54) is 56.7 Å². The van der Waals surface area contributed by atoms with Gasteiger partial charge in [-0.2, -0.15) is 0 Å². The number of fused-ring (bicyclic) bond motifs is 1. The summed E-state index contributed by atoms with van der Waals surface area (Å²) in [7, 11) is 1.16. The highest BCUT2D eigenvalue weighted by Gasteiger charge is 2.22. The summed E-state index contributed by atoms with van der Waals surface area (Å²) in [6, 6.07) is 17.3. The van der Waals surface area contributed by atoms with Gasteiger partial charge in [-0.15, -0.1) is 0 Å². The molecule has 28 heavy (non-hydrogen) atoms. The average Bonchev–Trinajstić information content (AvgIpc) is 3.01. The fourth-order valence-electron chi connectivity index (χ4n) is 4.20. The predicted molar refractivity (Wildman–Crippen MR) is 117 cm³/mol. The Kier molecular flexibility index (Phi) is 6.45. The first kappa shape index (κ1) is 19.6. The smallest absolute Gasteiger partial charge is 0.0982 e. The number of hydrogen-bond donors (Lipinski definition) is 0. The normalized spacial score (nSPS) is 20.5. The zero-order chi connectivity index (χ0) is 19.3. The first-order chi connectivity index (χ1) is 13.7. The van der Waals surface area contributed by atoms with Gasteiger partial charge < -0.3 is 9.80 Å². The van der Waals surface area contributed by atoms with Gasteiger partial charge in [-0.05, 0) is 49.1 Å². The fourth-order valence-corrected chi connectivity index (χ4v) is 5.57. The third kappa shape index (κ3) is 4.83. The molecule has 1 unspecified atom stereocenters. The van der Waals surface area contributed by atoms with Gasteiger partial charge in [0.15, 0.2) is 0 Å². The molecule has 150 valence electrons. The number of unbranched alkanes of at least 4 members (excludes halogenated alkanes) is 1. The number of hydrogen-bond acceptors (Lipinski definition) is 4. The molecule has 1 saturated heterocycles. The van der Waals surface area contributed by atoms with E-state index in [-0.39, 0.29) is 0 Å². The van der Waals surface area contributed by atoms with Gasteiger partial charge >= 0.3 is 0 Å². The lowest BCUT2D eigenvalue weighted by atomic mass is 10.1. The molecule has 2 aliphatic rings. The molecule has 0 spiro atoms. The van der Waals surface area contributed by atoms with E-state index < -0.39 is 10.8 Å². The molecule has 2 aromatic carbocycles. The maximum atomic E-state index is 12.2. The molecule has 0 bridgehead atoms. The van der Waals surface area contributed by atoms with Crippen molar-refractivity contribution in [2.75, 3.05) is 50.5 Å². The van der Waals surface area contributed by atoms with Crippen molar-refractivity contribution < 1.29 is 4.21 Å². The highest BCUT2D eigenvalue weighted by molar-refractivity contribution is 7.85. The van der Waals surface area contributed by atoms with Crippen LogP contribution >= 0.6 is 0 Å². The van der Waals surface area contributed by atoms with Crippen molar-refractivity contribution in [3.8, 4) is 0 Å². The van der Waals surface area contributed by atoms with Gasteiger partial charge in [-0.3, -0.25) is 9.11 Å². The Hall–Kier alpha value is -1.69. The van der Waals surface area contributed by atoms with Crippen LogP contribution in [0.3, 0.4) is 0 Å². The second kappa shape index (κ2) is 9.21. The summed E-state index contributed by atoms with van der Waals surface area (Å²) in [6.45, 7) is 6.95. The maximum Gasteiger partial charge on any atom is 0.0982 e. The van der Waals surface area contributed by atoms with E-state index in [0.717, 1.165) is 23.5 Å². The zero-order valence-electron chi connectivity index (χ0n) is 16.8. The van der Waals surface area contributed by atoms with Crippen LogP contribution in [0.4, 0.5) is 5.69 Å². The molecule has 4 nitrogen and oxygen atoms in total. The highest BCUT2D eigenvalue weighted by atomic mass is 32.2. The lowest BCUT2D eigenvalue weighted by Crippen LogP contribution is -2.46. The van der Waals surface area contributed by atoms with E-state index in [1.54, 1.807) is 0 Å². The largest absolute Gasteiger partial charge is 0.361 e. The quantitative estimate of drug-likeness (QED) is 0.670. The summed E-state index contributed by atoms with van der Waals surface area (Å²) in [5.41, 5.74) is 3.88. The zero-order valence-corrected chi connectivity index (χ0v) is 17.7. The van der Waals surface area contributed by atoms with Crippen LogP contribution in [0.2, 0.25) is 0 Å². The second-order valence-electron chi connectivity index (χ2n) is 8.04. The van der Waals surface area contributed by atoms with Crippen LogP contribution in [0.5, 0.6) is 0 Å². The Morgan fingerprint density at radius 1 is 0.893 bits per heavy atom. The summed E-state index contributed by atoms with van der Waals surface area (Å²) >= 11 is 0. The lowest BCUT2D eigenvalue weighted by molar-refractivity contribution is 0.125. The van der Waals surface area contributed by atoms with Crippen LogP contribution in [-0.2, 0) is 23.8 Å². The minimum atomic E-state index is -0.855. The first-order valence-electron chi connectivity index (χ1n) is 10.4. The van der Waals surface area contributed by atoms with Crippen molar-refractivity contribution in [1.82, 2.24) is 9.80 Å². The van der Waals surface area contributed by atoms with Gasteiger partial charge in [-0.1, -0.05) is 36.4 Å². The van der Waals surface area contributed by atoms with Gasteiger partial charge in [-0.25, -0.2) is 0 Å². The molecule has 2 heterocycles. The van der Waals surface area contributed by atoms with Crippen LogP contribution in [0.25, 0.3) is 0 Å². The van der Waals surface area contributed by atoms with Crippen molar-refractivity contribution in [2.24, 2.45) is 0 Å². The maximum absolute atomic E-state index is 12.2. The summed E-state index contributed by atoms with van der Waals surface area (Å²) in [5, 5.41) is 0. The Balaban J connectivity index is 1.16. The monoisotopic (exact) mass is 397 g/mol. The van der Waals surface area contributed by atoms with Crippen molar-refractivity contribution in [3.05, 3.63) is 59.7 Å². The average molecular weight is 398 g/mol. The van der Waals surface area contributed by atoms with Crippen LogP contribution in [0.15, 0.2) is 53.4 Å². The second-order valence-corrected chi connectivity index (χ2v) is 9.42. The Labute approximate surface area is 171 Å². The van der Waals surface area contributed by atoms with E-state index in [1.807, 2.05) is 7.05 Å². The minimum Gasteiger partial charge on any atom is -0.361 e. The van der Waals surface area contributed by atoms with Gasteiger partial charge in [0.1, 0.15) is 0 Å². The summed E-state index contributed by atoms with van der Waals surface area (Å²) in [4.78, 5) is 8.28. The van der Waals surface area contributed by atoms with Gasteiger partial charge in [0, 0.05) is 39.8 Å². The molecule has 0 aromatic heterocycles. The number of rotatable bonds is 7. The van der Waals surface area contributed by atoms with E-state index in [2.05, 4.69) is 63.2 Å². The lowest BCUT2D eigenvalue weighted by Gasteiger charge is -2.34. The molecule has 0 saturated carbocycles. The molecule has 0 radical (unpaired) electrons. The molecule has 0 amide bonds. The van der Waals surface area contributed by atoms with Gasteiger partial charge in [0.25, 0.3) is 0 Å². The standard InChI is InChI=1S/C23H31N3OS/c1-24-19-28(27)23-17-20(10-11-22(23)24)7-5-6-12-25-13-15-26(16-14-25)18-21-8-3-2-4-9-21/h2-4,8-11,17H,5-7,12-16,18-19H2,1H3. The van der Waals surface area contributed by atoms with Crippen molar-refractivity contribution in [2.45, 2.75) is 30.7 Å². The SMILES string of the molecule is CN1CS(=O)c2cc(CCCCN3CCN(Cc4ccccc4)CC3)ccc21. The molecular formula is C23H31N3OS. The van der Waals surface area contributed by atoms with E-state index in [4.69, 9.17) is 0 Å². The van der Waals surface area contributed by atoms with Crippen LogP contribution in [0.1, 0.15) is 24.0 Å². The number of aryl methyl sites for hydroxylation is 1. The van der Waals surface area contributed by atoms with Crippen LogP contribution in [-0.4, -0.2) is 59.7 Å². The Morgan fingerprint density at radius 3 is 2.43 bits per heavy atom. The first-order valence-corrected chi connectivity index (χ1v) is 11.7. The third-order valence-electron chi connectivity index (χ3n) is 5.90. The Bertz CT molecular complexity index is 803. The molecule has 4 rings (SSSR count). The van der Waals surface area contributed by atoms with Crippen LogP contribution in [0, 0.1) is 0 Å². The molecule has 1 atom stereocenters. The number of piperazine rings is 1. The predicted octanol–water partition coefficient (Wildman–Crippen LogP) is 3.34. The molecule has 2 aromatic rings. The molecule has 0 aliphatic carbocycles. The molecule has 0 N–H and O–H groups in total. The van der Waals surface area contributed by atoms with Crippen LogP contribution < -0.4 is 4.90 Å². The highest BCUT2D eigenvalue weighted by Crippen LogP contribution is 2.31. The van der Waals surface area contributed by atoms with Gasteiger partial charge in [0.05, 0.1) is 27.3 Å². The number of benzene rings is 2. The summed E-state index contributed by atoms with van der Waals surface area (Å²) < 4.78 is 12.2. The van der Waals surface area contributed by atoms with E-state index >= 15 is 0 Å². The van der Waals surface area contributed by atoms with Crippen molar-refractivity contribution in [1.29, 1.82) is 0 Å². The third-order valence-corrected chi connectivity index (χ3v) is 7.33. The summed E-state index contributed by atoms with van der Waals surface area (Å²) in [5.74, 6) is 0.634. The van der Waals surface area contributed by atoms with Gasteiger partial charge in [0.2, 0.25) is 0 Å². The molecule has 1 fully saturated rings. The molecule has 2 aliphatic heterocycles. The fraction of sp³-hybridized carbons (Fsp3) is 0.478. The van der Waals surface area contributed by atoms with Crippen molar-refractivity contribution >= 4 is 16.5 Å². The van der Waals surface area contributed by atoms with E-state index in [9.17, 15) is 4.21 Å². The molecular weight excluding hydrogens is 366 g/mol. The minimum absolute atomic E-state index is 0.634. The topological polar surface area (TPSA) is 26.8 Å². The summed E-state index contributed by atoms with van der Waals surface area (Å²) in [6.07, 6.45) is 3.52. The number of nitrogens with zero attached hydrogens (tertiary/aromatic N) is 3. The van der Waals surface area contributed by atoms with Crippen molar-refractivity contribution in [3.63, 3.8) is 0 Å². The van der Waals surface area contributed by atoms with E-state index in [0.29, 0.717) is 5.88 Å². The Morgan fingerprint density at radius 2 is 1.64 bits per heavy atom.